The molecule has 0 aromatic heterocycles. The maximum absolute atomic E-state index is 14.3. The molecule has 2 heterocycles. The van der Waals surface area contributed by atoms with Gasteiger partial charge in [0.05, 0.1) is 29.3 Å². The van der Waals surface area contributed by atoms with Crippen LogP contribution in [0.25, 0.3) is 0 Å². The Labute approximate surface area is 235 Å². The highest BCUT2D eigenvalue weighted by Gasteiger charge is 2.43. The van der Waals surface area contributed by atoms with Crippen LogP contribution >= 0.6 is 0 Å². The maximum Gasteiger partial charge on any atom is 0.416 e. The third kappa shape index (κ3) is 6.22. The molecular weight excluding hydrogens is 544 g/mol. The molecule has 2 aromatic rings. The predicted octanol–water partition coefficient (Wildman–Crippen LogP) is 4.59. The smallest absolute Gasteiger partial charge is 0.416 e. The van der Waals surface area contributed by atoms with Gasteiger partial charge in [-0.1, -0.05) is 30.3 Å². The second-order valence-corrected chi connectivity index (χ2v) is 9.86. The monoisotopic (exact) mass is 576 g/mol. The summed E-state index contributed by atoms with van der Waals surface area (Å²) in [7, 11) is 0. The average Bonchev–Trinajstić information content (AvgIpc) is 2.92. The Bertz CT molecular complexity index is 1350. The molecule has 4 rings (SSSR count). The normalized spacial score (nSPS) is 20.2. The summed E-state index contributed by atoms with van der Waals surface area (Å²) in [6, 6.07) is 8.15. The lowest BCUT2D eigenvalue weighted by atomic mass is 9.90. The van der Waals surface area contributed by atoms with Gasteiger partial charge >= 0.3 is 18.2 Å². The Kier molecular flexibility index (Phi) is 9.01. The van der Waals surface area contributed by atoms with Crippen LogP contribution in [0.15, 0.2) is 59.8 Å². The maximum atomic E-state index is 14.3. The molecule has 0 aliphatic carbocycles. The molecule has 0 bridgehead atoms. The molecule has 2 unspecified atom stereocenters. The number of hydrogen-bond acceptors (Lipinski definition) is 5. The van der Waals surface area contributed by atoms with Crippen molar-refractivity contribution in [1.82, 2.24) is 20.0 Å². The first-order valence-electron chi connectivity index (χ1n) is 13.4. The molecular formula is C29H32F4N4O4. The van der Waals surface area contributed by atoms with E-state index in [1.165, 1.54) is 41.3 Å². The Morgan fingerprint density at radius 1 is 1.05 bits per heavy atom. The van der Waals surface area contributed by atoms with E-state index < -0.39 is 41.5 Å². The van der Waals surface area contributed by atoms with Gasteiger partial charge in [0.2, 0.25) is 0 Å². The van der Waals surface area contributed by atoms with Crippen LogP contribution in [-0.2, 0) is 15.7 Å². The van der Waals surface area contributed by atoms with Crippen molar-refractivity contribution in [2.75, 3.05) is 39.3 Å². The lowest BCUT2D eigenvalue weighted by Crippen LogP contribution is -2.56. The number of benzene rings is 2. The summed E-state index contributed by atoms with van der Waals surface area (Å²) in [5.41, 5.74) is -1.11. The van der Waals surface area contributed by atoms with Crippen LogP contribution in [0.5, 0.6) is 0 Å². The number of nitrogens with zero attached hydrogens (tertiary/aromatic N) is 3. The Balaban J connectivity index is 1.70. The molecule has 1 fully saturated rings. The number of nitrogens with one attached hydrogen (secondary N) is 1. The predicted molar refractivity (Wildman–Crippen MR) is 142 cm³/mol. The molecule has 2 aliphatic rings. The van der Waals surface area contributed by atoms with Crippen LogP contribution in [0, 0.1) is 5.82 Å². The summed E-state index contributed by atoms with van der Waals surface area (Å²) >= 11 is 0. The summed E-state index contributed by atoms with van der Waals surface area (Å²) in [5.74, 6) is -1.89. The van der Waals surface area contributed by atoms with Gasteiger partial charge in [0.25, 0.3) is 5.91 Å². The van der Waals surface area contributed by atoms with Gasteiger partial charge in [-0.3, -0.25) is 14.6 Å². The molecule has 2 atom stereocenters. The first kappa shape index (κ1) is 30.0. The van der Waals surface area contributed by atoms with Gasteiger partial charge in [0, 0.05) is 44.5 Å². The van der Waals surface area contributed by atoms with E-state index >= 15 is 0 Å². The number of carbonyl (C=O) groups is 3. The highest BCUT2D eigenvalue weighted by atomic mass is 19.4. The Morgan fingerprint density at radius 3 is 2.37 bits per heavy atom. The number of carbonyl (C=O) groups excluding carboxylic acids is 3. The number of piperazine rings is 1. The average molecular weight is 577 g/mol. The third-order valence-corrected chi connectivity index (χ3v) is 7.28. The number of amides is 3. The SMILES string of the molecule is CCOC(=O)C1=C(CN2CCN(C(=O)c3ccccc3F)C(C)C2)N(CC)C(=O)NC1c1ccccc1C(F)(F)F. The van der Waals surface area contributed by atoms with E-state index in [0.717, 1.165) is 6.07 Å². The van der Waals surface area contributed by atoms with Crippen LogP contribution < -0.4 is 5.32 Å². The van der Waals surface area contributed by atoms with Gasteiger partial charge in [0.1, 0.15) is 5.82 Å². The van der Waals surface area contributed by atoms with Crippen molar-refractivity contribution in [2.24, 2.45) is 0 Å². The van der Waals surface area contributed by atoms with Crippen LogP contribution in [-0.4, -0.2) is 78.0 Å². The molecule has 3 amide bonds. The van der Waals surface area contributed by atoms with Crippen LogP contribution in [0.2, 0.25) is 0 Å². The molecule has 41 heavy (non-hydrogen) atoms. The Morgan fingerprint density at radius 2 is 1.73 bits per heavy atom. The molecule has 12 heteroatoms. The molecule has 2 aliphatic heterocycles. The molecule has 1 saturated heterocycles. The molecule has 2 aromatic carbocycles. The summed E-state index contributed by atoms with van der Waals surface area (Å²) in [6.45, 7) is 6.16. The second-order valence-electron chi connectivity index (χ2n) is 9.86. The van der Waals surface area contributed by atoms with Crippen molar-refractivity contribution in [3.63, 3.8) is 0 Å². The summed E-state index contributed by atoms with van der Waals surface area (Å²) in [4.78, 5) is 44.3. The number of ether oxygens (including phenoxy) is 1. The van der Waals surface area contributed by atoms with Gasteiger partial charge in [-0.15, -0.1) is 0 Å². The lowest BCUT2D eigenvalue weighted by Gasteiger charge is -2.43. The first-order chi connectivity index (χ1) is 19.5. The van der Waals surface area contributed by atoms with Crippen molar-refractivity contribution in [3.8, 4) is 0 Å². The number of hydrogen-bond donors (Lipinski definition) is 1. The summed E-state index contributed by atoms with van der Waals surface area (Å²) < 4.78 is 61.4. The minimum atomic E-state index is -4.72. The van der Waals surface area contributed by atoms with Gasteiger partial charge < -0.3 is 15.0 Å². The number of likely N-dealkylation sites (N-methyl/N-ethyl adjacent to an activating group) is 1. The fourth-order valence-corrected chi connectivity index (χ4v) is 5.38. The highest BCUT2D eigenvalue weighted by Crippen LogP contribution is 2.39. The first-order valence-corrected chi connectivity index (χ1v) is 13.4. The van der Waals surface area contributed by atoms with Gasteiger partial charge in [-0.05, 0) is 44.5 Å². The fraction of sp³-hybridized carbons (Fsp3) is 0.414. The van der Waals surface area contributed by atoms with E-state index in [1.54, 1.807) is 31.7 Å². The fourth-order valence-electron chi connectivity index (χ4n) is 5.38. The van der Waals surface area contributed by atoms with Crippen molar-refractivity contribution in [2.45, 2.75) is 39.0 Å². The van der Waals surface area contributed by atoms with Gasteiger partial charge in [-0.2, -0.15) is 13.2 Å². The highest BCUT2D eigenvalue weighted by molar-refractivity contribution is 5.96. The van der Waals surface area contributed by atoms with Crippen molar-refractivity contribution in [3.05, 3.63) is 82.3 Å². The molecule has 0 spiro atoms. The number of urea groups is 1. The third-order valence-electron chi connectivity index (χ3n) is 7.28. The van der Waals surface area contributed by atoms with E-state index in [9.17, 15) is 31.9 Å². The lowest BCUT2D eigenvalue weighted by molar-refractivity contribution is -0.141. The van der Waals surface area contributed by atoms with Crippen LogP contribution in [0.4, 0.5) is 22.4 Å². The molecule has 220 valence electrons. The van der Waals surface area contributed by atoms with Crippen LogP contribution in [0.1, 0.15) is 48.3 Å². The second kappa shape index (κ2) is 12.3. The number of halogens is 4. The number of alkyl halides is 3. The molecule has 0 saturated carbocycles. The Hall–Kier alpha value is -3.93. The number of esters is 1. The zero-order valence-electron chi connectivity index (χ0n) is 23.0. The van der Waals surface area contributed by atoms with Gasteiger partial charge in [-0.25, -0.2) is 14.0 Å². The largest absolute Gasteiger partial charge is 0.463 e. The van der Waals surface area contributed by atoms with E-state index in [-0.39, 0.29) is 54.7 Å². The summed E-state index contributed by atoms with van der Waals surface area (Å²) in [6.07, 6.45) is -4.72. The minimum Gasteiger partial charge on any atom is -0.463 e. The van der Waals surface area contributed by atoms with Gasteiger partial charge in [0.15, 0.2) is 0 Å². The van der Waals surface area contributed by atoms with E-state index in [2.05, 4.69) is 5.32 Å². The topological polar surface area (TPSA) is 82.2 Å². The van der Waals surface area contributed by atoms with Crippen molar-refractivity contribution >= 4 is 17.9 Å². The van der Waals surface area contributed by atoms with E-state index in [4.69, 9.17) is 4.74 Å². The zero-order chi connectivity index (χ0) is 29.9. The molecule has 8 nitrogen and oxygen atoms in total. The molecule has 0 radical (unpaired) electrons. The zero-order valence-corrected chi connectivity index (χ0v) is 23.0. The van der Waals surface area contributed by atoms with Crippen molar-refractivity contribution in [1.29, 1.82) is 0 Å². The molecule has 1 N–H and O–H groups in total. The van der Waals surface area contributed by atoms with E-state index in [0.29, 0.717) is 13.1 Å². The number of rotatable bonds is 7. The summed E-state index contributed by atoms with van der Waals surface area (Å²) in [5, 5.41) is 2.58. The standard InChI is InChI=1S/C29H32F4N4O4/c1-4-36-23(17-35-14-15-37(18(3)16-35)26(38)20-11-7-9-13-22(20)30)24(27(39)41-5-2)25(34-28(36)40)19-10-6-8-12-21(19)29(31,32)33/h6-13,18,25H,4-5,14-17H2,1-3H3,(H,34,40). The van der Waals surface area contributed by atoms with Crippen LogP contribution in [0.3, 0.4) is 0 Å². The minimum absolute atomic E-state index is 0.0167. The van der Waals surface area contributed by atoms with E-state index in [1.807, 2.05) is 4.90 Å². The quantitative estimate of drug-likeness (QED) is 0.385. The van der Waals surface area contributed by atoms with Crippen molar-refractivity contribution < 1.29 is 36.7 Å².